The van der Waals surface area contributed by atoms with Gasteiger partial charge < -0.3 is 13.8 Å². The fourth-order valence-corrected chi connectivity index (χ4v) is 4.39. The first-order valence-electron chi connectivity index (χ1n) is 7.79. The maximum atomic E-state index is 12.7. The van der Waals surface area contributed by atoms with Crippen LogP contribution in [0.5, 0.6) is 5.75 Å². The Kier molecular flexibility index (Phi) is 6.28. The lowest BCUT2D eigenvalue weighted by Crippen LogP contribution is -2.12. The van der Waals surface area contributed by atoms with Gasteiger partial charge in [-0.2, -0.15) is 0 Å². The van der Waals surface area contributed by atoms with E-state index in [1.165, 1.54) is 12.8 Å². The maximum Gasteiger partial charge on any atom is 0.335 e. The molecule has 5 heteroatoms. The standard InChI is InChI=1S/C16H25O4P/c1-3-18-21(17,19-4-2)13-14-9-5-8-12-16(14)20-15-10-6-7-11-15/h5,8-9,12,15H,3-4,6-7,10-11,13H2,1-2H3. The SMILES string of the molecule is CCOP(=O)(Cc1ccccc1OC1CCCC1)OCC. The summed E-state index contributed by atoms with van der Waals surface area (Å²) in [6.45, 7) is 4.41. The molecule has 0 saturated heterocycles. The van der Waals surface area contributed by atoms with E-state index >= 15 is 0 Å². The molecule has 0 atom stereocenters. The van der Waals surface area contributed by atoms with Crippen LogP contribution in [0, 0.1) is 0 Å². The molecule has 0 aromatic heterocycles. The molecule has 0 bridgehead atoms. The third-order valence-electron chi connectivity index (χ3n) is 3.58. The van der Waals surface area contributed by atoms with Gasteiger partial charge in [0.25, 0.3) is 0 Å². The highest BCUT2D eigenvalue weighted by atomic mass is 31.2. The lowest BCUT2D eigenvalue weighted by atomic mass is 10.2. The summed E-state index contributed by atoms with van der Waals surface area (Å²) in [4.78, 5) is 0. The average molecular weight is 312 g/mol. The lowest BCUT2D eigenvalue weighted by Gasteiger charge is -2.20. The molecular weight excluding hydrogens is 287 g/mol. The Bertz CT molecular complexity index is 473. The summed E-state index contributed by atoms with van der Waals surface area (Å²) in [5.74, 6) is 0.809. The molecule has 2 rings (SSSR count). The van der Waals surface area contributed by atoms with Crippen LogP contribution >= 0.6 is 7.60 Å². The molecule has 1 saturated carbocycles. The Labute approximate surface area is 127 Å². The fraction of sp³-hybridized carbons (Fsp3) is 0.625. The Morgan fingerprint density at radius 1 is 1.10 bits per heavy atom. The van der Waals surface area contributed by atoms with Crippen LogP contribution in [0.3, 0.4) is 0 Å². The van der Waals surface area contributed by atoms with Crippen LogP contribution in [0.15, 0.2) is 24.3 Å². The van der Waals surface area contributed by atoms with Crippen molar-refractivity contribution in [2.75, 3.05) is 13.2 Å². The molecule has 118 valence electrons. The van der Waals surface area contributed by atoms with Crippen molar-refractivity contribution in [3.63, 3.8) is 0 Å². The molecule has 0 spiro atoms. The molecule has 0 aliphatic heterocycles. The van der Waals surface area contributed by atoms with E-state index in [1.54, 1.807) is 0 Å². The predicted molar refractivity (Wildman–Crippen MR) is 83.9 cm³/mol. The minimum Gasteiger partial charge on any atom is -0.490 e. The third kappa shape index (κ3) is 4.84. The largest absolute Gasteiger partial charge is 0.490 e. The lowest BCUT2D eigenvalue weighted by molar-refractivity contribution is 0.204. The van der Waals surface area contributed by atoms with Gasteiger partial charge in [-0.1, -0.05) is 18.2 Å². The number of para-hydroxylation sites is 1. The highest BCUT2D eigenvalue weighted by Gasteiger charge is 2.26. The Balaban J connectivity index is 2.12. The second kappa shape index (κ2) is 7.98. The normalized spacial score (nSPS) is 16.3. The Morgan fingerprint density at radius 3 is 2.33 bits per heavy atom. The average Bonchev–Trinajstić information content (AvgIpc) is 2.94. The quantitative estimate of drug-likeness (QED) is 0.648. The number of hydrogen-bond donors (Lipinski definition) is 0. The van der Waals surface area contributed by atoms with Crippen molar-refractivity contribution in [1.29, 1.82) is 0 Å². The van der Waals surface area contributed by atoms with Crippen molar-refractivity contribution >= 4 is 7.60 Å². The van der Waals surface area contributed by atoms with Gasteiger partial charge in [0.1, 0.15) is 5.75 Å². The van der Waals surface area contributed by atoms with Gasteiger partial charge in [-0.25, -0.2) is 0 Å². The molecule has 1 fully saturated rings. The van der Waals surface area contributed by atoms with E-state index in [1.807, 2.05) is 38.1 Å². The van der Waals surface area contributed by atoms with Gasteiger partial charge in [-0.05, 0) is 45.6 Å². The summed E-state index contributed by atoms with van der Waals surface area (Å²) in [6.07, 6.45) is 5.19. The molecule has 0 amide bonds. The third-order valence-corrected chi connectivity index (χ3v) is 5.62. The van der Waals surface area contributed by atoms with Gasteiger partial charge in [-0.3, -0.25) is 4.57 Å². The minimum absolute atomic E-state index is 0.261. The fourth-order valence-electron chi connectivity index (χ4n) is 2.67. The minimum atomic E-state index is -3.09. The first-order valence-corrected chi connectivity index (χ1v) is 9.52. The molecule has 1 aliphatic rings. The van der Waals surface area contributed by atoms with Crippen molar-refractivity contribution in [2.24, 2.45) is 0 Å². The van der Waals surface area contributed by atoms with Gasteiger partial charge in [0, 0.05) is 5.56 Å². The van der Waals surface area contributed by atoms with Crippen molar-refractivity contribution in [3.05, 3.63) is 29.8 Å². The molecule has 0 heterocycles. The van der Waals surface area contributed by atoms with E-state index in [0.29, 0.717) is 13.2 Å². The van der Waals surface area contributed by atoms with Crippen LogP contribution < -0.4 is 4.74 Å². The molecule has 1 aromatic rings. The zero-order chi connectivity index (χ0) is 15.1. The Hall–Kier alpha value is -0.830. The molecule has 0 N–H and O–H groups in total. The molecular formula is C16H25O4P. The molecule has 21 heavy (non-hydrogen) atoms. The predicted octanol–water partition coefficient (Wildman–Crippen LogP) is 4.77. The molecule has 4 nitrogen and oxygen atoms in total. The topological polar surface area (TPSA) is 44.8 Å². The van der Waals surface area contributed by atoms with Crippen molar-refractivity contribution in [2.45, 2.75) is 51.8 Å². The van der Waals surface area contributed by atoms with Crippen molar-refractivity contribution in [1.82, 2.24) is 0 Å². The monoisotopic (exact) mass is 312 g/mol. The number of benzene rings is 1. The molecule has 1 aliphatic carbocycles. The van der Waals surface area contributed by atoms with Crippen LogP contribution in [0.1, 0.15) is 45.1 Å². The van der Waals surface area contributed by atoms with Crippen molar-refractivity contribution < 1.29 is 18.3 Å². The van der Waals surface area contributed by atoms with Crippen LogP contribution in [-0.4, -0.2) is 19.3 Å². The summed E-state index contributed by atoms with van der Waals surface area (Å²) in [6, 6.07) is 7.75. The van der Waals surface area contributed by atoms with E-state index in [-0.39, 0.29) is 12.3 Å². The zero-order valence-corrected chi connectivity index (χ0v) is 13.8. The summed E-state index contributed by atoms with van der Waals surface area (Å²) in [5.41, 5.74) is 0.898. The second-order valence-electron chi connectivity index (χ2n) is 5.24. The Morgan fingerprint density at radius 2 is 1.71 bits per heavy atom. The van der Waals surface area contributed by atoms with E-state index in [4.69, 9.17) is 13.8 Å². The van der Waals surface area contributed by atoms with Gasteiger partial charge in [0.15, 0.2) is 0 Å². The van der Waals surface area contributed by atoms with Gasteiger partial charge >= 0.3 is 7.60 Å². The first kappa shape index (κ1) is 16.5. The van der Waals surface area contributed by atoms with E-state index in [2.05, 4.69) is 0 Å². The zero-order valence-electron chi connectivity index (χ0n) is 12.9. The first-order chi connectivity index (χ1) is 10.2. The number of ether oxygens (including phenoxy) is 1. The van der Waals surface area contributed by atoms with Crippen LogP contribution in [0.4, 0.5) is 0 Å². The van der Waals surface area contributed by atoms with E-state index in [9.17, 15) is 4.57 Å². The molecule has 1 aromatic carbocycles. The summed E-state index contributed by atoms with van der Waals surface area (Å²) < 4.78 is 29.5. The van der Waals surface area contributed by atoms with Crippen LogP contribution in [0.25, 0.3) is 0 Å². The number of hydrogen-bond acceptors (Lipinski definition) is 4. The molecule has 0 radical (unpaired) electrons. The summed E-state index contributed by atoms with van der Waals surface area (Å²) in [5, 5.41) is 0. The van der Waals surface area contributed by atoms with Gasteiger partial charge in [0.2, 0.25) is 0 Å². The van der Waals surface area contributed by atoms with Gasteiger partial charge in [-0.15, -0.1) is 0 Å². The van der Waals surface area contributed by atoms with Crippen LogP contribution in [-0.2, 0) is 19.8 Å². The highest BCUT2D eigenvalue weighted by molar-refractivity contribution is 7.53. The van der Waals surface area contributed by atoms with Crippen LogP contribution in [0.2, 0.25) is 0 Å². The van der Waals surface area contributed by atoms with Gasteiger partial charge in [0.05, 0.1) is 25.5 Å². The van der Waals surface area contributed by atoms with E-state index < -0.39 is 7.60 Å². The maximum absolute atomic E-state index is 12.7. The van der Waals surface area contributed by atoms with Crippen molar-refractivity contribution in [3.8, 4) is 5.75 Å². The smallest absolute Gasteiger partial charge is 0.335 e. The highest BCUT2D eigenvalue weighted by Crippen LogP contribution is 2.52. The molecule has 0 unspecified atom stereocenters. The summed E-state index contributed by atoms with van der Waals surface area (Å²) >= 11 is 0. The number of rotatable bonds is 8. The summed E-state index contributed by atoms with van der Waals surface area (Å²) in [7, 11) is -3.09. The van der Waals surface area contributed by atoms with E-state index in [0.717, 1.165) is 24.2 Å². The second-order valence-corrected chi connectivity index (χ2v) is 7.29.